The summed E-state index contributed by atoms with van der Waals surface area (Å²) in [7, 11) is 0. The number of nitrogen functional groups attached to an aromatic ring is 1. The largest absolute Gasteiger partial charge is 0.381 e. The Morgan fingerprint density at radius 2 is 1.79 bits per heavy atom. The molecule has 0 spiro atoms. The first kappa shape index (κ1) is 12.7. The molecular weight excluding hydrogens is 302 g/mol. The van der Waals surface area contributed by atoms with Crippen LogP contribution in [-0.4, -0.2) is 10.2 Å². The quantitative estimate of drug-likeness (QED) is 0.858. The van der Waals surface area contributed by atoms with Crippen LogP contribution in [0.25, 0.3) is 11.3 Å². The Labute approximate surface area is 121 Å². The average molecular weight is 320 g/mol. The van der Waals surface area contributed by atoms with E-state index in [-0.39, 0.29) is 0 Å². The zero-order valence-electron chi connectivity index (χ0n) is 10.8. The van der Waals surface area contributed by atoms with Crippen molar-refractivity contribution in [2.75, 3.05) is 5.73 Å². The van der Waals surface area contributed by atoms with Crippen molar-refractivity contribution in [3.8, 4) is 11.3 Å². The van der Waals surface area contributed by atoms with Crippen molar-refractivity contribution in [2.24, 2.45) is 0 Å². The lowest BCUT2D eigenvalue weighted by Gasteiger charge is -2.22. The molecule has 1 aromatic heterocycles. The van der Waals surface area contributed by atoms with Crippen LogP contribution in [0.15, 0.2) is 28.7 Å². The zero-order valence-corrected chi connectivity index (χ0v) is 12.4. The standard InChI is InChI=1S/C15H18BrN3/c16-13-14(18-19-15(13)17)12-8-6-11(7-9-12)10-4-2-1-3-5-10/h6-10H,1-5H2,(H3,17,18,19). The zero-order chi connectivity index (χ0) is 13.2. The van der Waals surface area contributed by atoms with Crippen molar-refractivity contribution in [2.45, 2.75) is 38.0 Å². The van der Waals surface area contributed by atoms with E-state index in [1.54, 1.807) is 0 Å². The number of aromatic nitrogens is 2. The number of benzene rings is 1. The van der Waals surface area contributed by atoms with E-state index < -0.39 is 0 Å². The minimum Gasteiger partial charge on any atom is -0.381 e. The minimum absolute atomic E-state index is 0.506. The summed E-state index contributed by atoms with van der Waals surface area (Å²) in [5.41, 5.74) is 9.27. The normalized spacial score (nSPS) is 16.7. The molecule has 0 aliphatic heterocycles. The summed E-state index contributed by atoms with van der Waals surface area (Å²) in [6.45, 7) is 0. The fraction of sp³-hybridized carbons (Fsp3) is 0.400. The molecule has 100 valence electrons. The Hall–Kier alpha value is -1.29. The number of H-pyrrole nitrogens is 1. The predicted molar refractivity (Wildman–Crippen MR) is 82.0 cm³/mol. The highest BCUT2D eigenvalue weighted by Gasteiger charge is 2.16. The van der Waals surface area contributed by atoms with E-state index in [4.69, 9.17) is 5.73 Å². The first-order valence-electron chi connectivity index (χ1n) is 6.85. The van der Waals surface area contributed by atoms with Crippen molar-refractivity contribution in [1.82, 2.24) is 10.2 Å². The van der Waals surface area contributed by atoms with Gasteiger partial charge in [-0.05, 0) is 40.3 Å². The summed E-state index contributed by atoms with van der Waals surface area (Å²) < 4.78 is 0.845. The van der Waals surface area contributed by atoms with Gasteiger partial charge in [0.25, 0.3) is 0 Å². The fourth-order valence-electron chi connectivity index (χ4n) is 2.89. The minimum atomic E-state index is 0.506. The molecule has 4 heteroatoms. The molecule has 1 aliphatic carbocycles. The summed E-state index contributed by atoms with van der Waals surface area (Å²) in [6.07, 6.45) is 6.80. The number of rotatable bonds is 2. The van der Waals surface area contributed by atoms with E-state index in [0.717, 1.165) is 21.6 Å². The van der Waals surface area contributed by atoms with Gasteiger partial charge in [-0.2, -0.15) is 5.10 Å². The third-order valence-corrected chi connectivity index (χ3v) is 4.81. The number of nitrogens with two attached hydrogens (primary N) is 1. The Bertz CT molecular complexity index is 553. The van der Waals surface area contributed by atoms with Crippen LogP contribution in [0, 0.1) is 0 Å². The predicted octanol–water partition coefficient (Wildman–Crippen LogP) is 4.47. The van der Waals surface area contributed by atoms with Crippen LogP contribution in [-0.2, 0) is 0 Å². The molecule has 1 heterocycles. The molecule has 0 saturated heterocycles. The van der Waals surface area contributed by atoms with Gasteiger partial charge >= 0.3 is 0 Å². The number of nitrogens with one attached hydrogen (secondary N) is 1. The summed E-state index contributed by atoms with van der Waals surface area (Å²) in [5, 5.41) is 6.98. The lowest BCUT2D eigenvalue weighted by molar-refractivity contribution is 0.443. The number of halogens is 1. The lowest BCUT2D eigenvalue weighted by Crippen LogP contribution is -2.04. The Balaban J connectivity index is 1.84. The van der Waals surface area contributed by atoms with Gasteiger partial charge < -0.3 is 5.73 Å². The van der Waals surface area contributed by atoms with Gasteiger partial charge in [-0.25, -0.2) is 0 Å². The molecule has 3 rings (SSSR count). The topological polar surface area (TPSA) is 54.7 Å². The van der Waals surface area contributed by atoms with Gasteiger partial charge in [-0.1, -0.05) is 43.5 Å². The molecule has 3 N–H and O–H groups in total. The maximum Gasteiger partial charge on any atom is 0.160 e. The first-order chi connectivity index (χ1) is 9.25. The first-order valence-corrected chi connectivity index (χ1v) is 7.64. The van der Waals surface area contributed by atoms with E-state index in [2.05, 4.69) is 50.4 Å². The van der Waals surface area contributed by atoms with Crippen LogP contribution < -0.4 is 5.73 Å². The molecule has 1 aromatic carbocycles. The number of anilines is 1. The van der Waals surface area contributed by atoms with Crippen molar-refractivity contribution >= 4 is 21.7 Å². The van der Waals surface area contributed by atoms with Crippen LogP contribution in [0.2, 0.25) is 0 Å². The second-order valence-electron chi connectivity index (χ2n) is 5.25. The Morgan fingerprint density at radius 1 is 1.11 bits per heavy atom. The lowest BCUT2D eigenvalue weighted by atomic mass is 9.84. The van der Waals surface area contributed by atoms with Crippen molar-refractivity contribution < 1.29 is 0 Å². The third-order valence-electron chi connectivity index (χ3n) is 4.01. The van der Waals surface area contributed by atoms with Crippen molar-refractivity contribution in [1.29, 1.82) is 0 Å². The third kappa shape index (κ3) is 2.54. The second-order valence-corrected chi connectivity index (χ2v) is 6.05. The molecule has 1 aliphatic rings. The van der Waals surface area contributed by atoms with Gasteiger partial charge in [0.2, 0.25) is 0 Å². The molecule has 1 fully saturated rings. The summed E-state index contributed by atoms with van der Waals surface area (Å²) >= 11 is 3.46. The van der Waals surface area contributed by atoms with Crippen LogP contribution in [0.5, 0.6) is 0 Å². The van der Waals surface area contributed by atoms with Gasteiger partial charge in [0.15, 0.2) is 5.82 Å². The maximum atomic E-state index is 5.74. The van der Waals surface area contributed by atoms with Crippen LogP contribution in [0.3, 0.4) is 0 Å². The molecule has 1 saturated carbocycles. The number of nitrogens with zero attached hydrogens (tertiary/aromatic N) is 1. The van der Waals surface area contributed by atoms with Gasteiger partial charge in [0.05, 0.1) is 10.2 Å². The van der Waals surface area contributed by atoms with E-state index in [0.29, 0.717) is 5.82 Å². The van der Waals surface area contributed by atoms with Crippen molar-refractivity contribution in [3.63, 3.8) is 0 Å². The highest BCUT2D eigenvalue weighted by Crippen LogP contribution is 2.35. The average Bonchev–Trinajstić information content (AvgIpc) is 2.80. The number of hydrogen-bond donors (Lipinski definition) is 2. The van der Waals surface area contributed by atoms with Gasteiger partial charge in [-0.15, -0.1) is 0 Å². The van der Waals surface area contributed by atoms with E-state index in [1.807, 2.05) is 0 Å². The van der Waals surface area contributed by atoms with Crippen molar-refractivity contribution in [3.05, 3.63) is 34.3 Å². The molecule has 19 heavy (non-hydrogen) atoms. The van der Waals surface area contributed by atoms with E-state index in [9.17, 15) is 0 Å². The Morgan fingerprint density at radius 3 is 2.37 bits per heavy atom. The number of aromatic amines is 1. The molecule has 0 unspecified atom stereocenters. The molecule has 2 aromatic rings. The van der Waals surface area contributed by atoms with Gasteiger partial charge in [0, 0.05) is 5.56 Å². The molecule has 0 amide bonds. The van der Waals surface area contributed by atoms with Crippen LogP contribution >= 0.6 is 15.9 Å². The molecule has 3 nitrogen and oxygen atoms in total. The fourth-order valence-corrected chi connectivity index (χ4v) is 3.30. The molecule has 0 bridgehead atoms. The number of hydrogen-bond acceptors (Lipinski definition) is 2. The monoisotopic (exact) mass is 319 g/mol. The summed E-state index contributed by atoms with van der Waals surface area (Å²) in [4.78, 5) is 0. The van der Waals surface area contributed by atoms with Crippen LogP contribution in [0.1, 0.15) is 43.6 Å². The summed E-state index contributed by atoms with van der Waals surface area (Å²) in [6, 6.07) is 8.80. The maximum absolute atomic E-state index is 5.74. The highest BCUT2D eigenvalue weighted by atomic mass is 79.9. The van der Waals surface area contributed by atoms with E-state index >= 15 is 0 Å². The second kappa shape index (κ2) is 5.37. The van der Waals surface area contributed by atoms with Crippen LogP contribution in [0.4, 0.5) is 5.82 Å². The van der Waals surface area contributed by atoms with Gasteiger partial charge in [0.1, 0.15) is 0 Å². The summed E-state index contributed by atoms with van der Waals surface area (Å²) in [5.74, 6) is 1.25. The van der Waals surface area contributed by atoms with Gasteiger partial charge in [-0.3, -0.25) is 5.10 Å². The highest BCUT2D eigenvalue weighted by molar-refractivity contribution is 9.10. The van der Waals surface area contributed by atoms with E-state index in [1.165, 1.54) is 37.7 Å². The molecule has 0 radical (unpaired) electrons. The smallest absolute Gasteiger partial charge is 0.160 e. The molecular formula is C15H18BrN3. The SMILES string of the molecule is Nc1n[nH]c(-c2ccc(C3CCCCC3)cc2)c1Br. The molecule has 0 atom stereocenters. The Kier molecular flexibility index (Phi) is 3.60.